The van der Waals surface area contributed by atoms with Crippen LogP contribution in [0.25, 0.3) is 0 Å². The minimum Gasteiger partial charge on any atom is -0.497 e. The van der Waals surface area contributed by atoms with Crippen molar-refractivity contribution in [1.29, 1.82) is 0 Å². The molecule has 2 rings (SSSR count). The lowest BCUT2D eigenvalue weighted by Crippen LogP contribution is -1.99. The SMILES string of the molecule is COc1ccc(Br)c(C(Br)Cc2ccccc2C)c1. The summed E-state index contributed by atoms with van der Waals surface area (Å²) in [5.74, 6) is 0.882. The molecule has 2 aromatic rings. The molecule has 1 unspecified atom stereocenters. The normalized spacial score (nSPS) is 12.2. The number of rotatable bonds is 4. The summed E-state index contributed by atoms with van der Waals surface area (Å²) in [6.45, 7) is 2.15. The monoisotopic (exact) mass is 382 g/mol. The maximum atomic E-state index is 5.29. The predicted octanol–water partition coefficient (Wildman–Crippen LogP) is 5.44. The van der Waals surface area contributed by atoms with Crippen LogP contribution in [0.4, 0.5) is 0 Å². The number of hydrogen-bond donors (Lipinski definition) is 0. The molecule has 0 fully saturated rings. The molecular formula is C16H16Br2O. The molecule has 3 heteroatoms. The first-order chi connectivity index (χ1) is 9.11. The Morgan fingerprint density at radius 2 is 1.89 bits per heavy atom. The van der Waals surface area contributed by atoms with Gasteiger partial charge < -0.3 is 4.74 Å². The quantitative estimate of drug-likeness (QED) is 0.638. The Bertz CT molecular complexity index is 566. The van der Waals surface area contributed by atoms with Gasteiger partial charge in [-0.1, -0.05) is 56.1 Å². The highest BCUT2D eigenvalue weighted by molar-refractivity contribution is 9.11. The van der Waals surface area contributed by atoms with E-state index in [1.807, 2.05) is 12.1 Å². The second kappa shape index (κ2) is 6.58. The van der Waals surface area contributed by atoms with E-state index >= 15 is 0 Å². The fraction of sp³-hybridized carbons (Fsp3) is 0.250. The lowest BCUT2D eigenvalue weighted by Gasteiger charge is -2.15. The van der Waals surface area contributed by atoms with Crippen molar-refractivity contribution in [3.63, 3.8) is 0 Å². The first-order valence-corrected chi connectivity index (χ1v) is 7.84. The van der Waals surface area contributed by atoms with Gasteiger partial charge >= 0.3 is 0 Å². The van der Waals surface area contributed by atoms with E-state index in [2.05, 4.69) is 69.1 Å². The molecule has 1 atom stereocenters. The van der Waals surface area contributed by atoms with Gasteiger partial charge in [0.2, 0.25) is 0 Å². The molecule has 0 saturated heterocycles. The van der Waals surface area contributed by atoms with Gasteiger partial charge in [0, 0.05) is 9.30 Å². The van der Waals surface area contributed by atoms with Crippen LogP contribution in [-0.4, -0.2) is 7.11 Å². The molecule has 0 spiro atoms. The summed E-state index contributed by atoms with van der Waals surface area (Å²) in [6.07, 6.45) is 0.957. The van der Waals surface area contributed by atoms with Crippen LogP contribution in [0.15, 0.2) is 46.9 Å². The van der Waals surface area contributed by atoms with Crippen molar-refractivity contribution in [2.45, 2.75) is 18.2 Å². The molecule has 0 amide bonds. The van der Waals surface area contributed by atoms with Crippen LogP contribution in [0.2, 0.25) is 0 Å². The molecule has 0 bridgehead atoms. The summed E-state index contributed by atoms with van der Waals surface area (Å²) in [5, 5.41) is 0. The van der Waals surface area contributed by atoms with Crippen molar-refractivity contribution in [2.75, 3.05) is 7.11 Å². The number of ether oxygens (including phenoxy) is 1. The largest absolute Gasteiger partial charge is 0.497 e. The third kappa shape index (κ3) is 3.61. The van der Waals surface area contributed by atoms with Crippen LogP contribution in [0, 0.1) is 6.92 Å². The second-order valence-electron chi connectivity index (χ2n) is 4.49. The summed E-state index contributed by atoms with van der Waals surface area (Å²) < 4.78 is 6.39. The van der Waals surface area contributed by atoms with Crippen LogP contribution < -0.4 is 4.74 Å². The lowest BCUT2D eigenvalue weighted by atomic mass is 10.0. The van der Waals surface area contributed by atoms with E-state index in [9.17, 15) is 0 Å². The van der Waals surface area contributed by atoms with Gasteiger partial charge in [0.05, 0.1) is 7.11 Å². The fourth-order valence-corrected chi connectivity index (χ4v) is 3.59. The number of halogens is 2. The van der Waals surface area contributed by atoms with Crippen LogP contribution in [-0.2, 0) is 6.42 Å². The zero-order valence-corrected chi connectivity index (χ0v) is 14.2. The molecule has 0 aromatic heterocycles. The third-order valence-electron chi connectivity index (χ3n) is 3.20. The summed E-state index contributed by atoms with van der Waals surface area (Å²) in [6, 6.07) is 14.5. The van der Waals surface area contributed by atoms with Crippen molar-refractivity contribution >= 4 is 31.9 Å². The van der Waals surface area contributed by atoms with Gasteiger partial charge in [0.15, 0.2) is 0 Å². The minimum atomic E-state index is 0.262. The minimum absolute atomic E-state index is 0.262. The van der Waals surface area contributed by atoms with Gasteiger partial charge in [-0.2, -0.15) is 0 Å². The van der Waals surface area contributed by atoms with E-state index < -0.39 is 0 Å². The molecule has 2 aromatic carbocycles. The highest BCUT2D eigenvalue weighted by Crippen LogP contribution is 2.35. The van der Waals surface area contributed by atoms with Gasteiger partial charge in [-0.25, -0.2) is 0 Å². The molecule has 0 aliphatic heterocycles. The van der Waals surface area contributed by atoms with Gasteiger partial charge in [0.1, 0.15) is 5.75 Å². The van der Waals surface area contributed by atoms with Gasteiger partial charge in [0.25, 0.3) is 0 Å². The Hall–Kier alpha value is -0.800. The molecular weight excluding hydrogens is 368 g/mol. The van der Waals surface area contributed by atoms with Crippen LogP contribution in [0.5, 0.6) is 5.75 Å². The molecule has 0 saturated carbocycles. The zero-order valence-electron chi connectivity index (χ0n) is 11.0. The average molecular weight is 384 g/mol. The van der Waals surface area contributed by atoms with Crippen LogP contribution >= 0.6 is 31.9 Å². The van der Waals surface area contributed by atoms with Crippen molar-refractivity contribution in [3.8, 4) is 5.75 Å². The van der Waals surface area contributed by atoms with Crippen molar-refractivity contribution in [3.05, 3.63) is 63.6 Å². The van der Waals surface area contributed by atoms with Gasteiger partial charge in [-0.05, 0) is 48.2 Å². The lowest BCUT2D eigenvalue weighted by molar-refractivity contribution is 0.414. The third-order valence-corrected chi connectivity index (χ3v) is 4.74. The molecule has 0 aliphatic carbocycles. The predicted molar refractivity (Wildman–Crippen MR) is 87.2 cm³/mol. The molecule has 0 radical (unpaired) electrons. The Morgan fingerprint density at radius 3 is 2.58 bits per heavy atom. The Labute approximate surface area is 131 Å². The highest BCUT2D eigenvalue weighted by atomic mass is 79.9. The number of methoxy groups -OCH3 is 1. The average Bonchev–Trinajstić information content (AvgIpc) is 2.42. The van der Waals surface area contributed by atoms with E-state index in [1.54, 1.807) is 7.11 Å². The number of alkyl halides is 1. The van der Waals surface area contributed by atoms with Crippen LogP contribution in [0.3, 0.4) is 0 Å². The number of aryl methyl sites for hydroxylation is 1. The van der Waals surface area contributed by atoms with Crippen molar-refractivity contribution < 1.29 is 4.74 Å². The Balaban J connectivity index is 2.25. The molecule has 100 valence electrons. The number of benzene rings is 2. The molecule has 19 heavy (non-hydrogen) atoms. The molecule has 0 aliphatic rings. The highest BCUT2D eigenvalue weighted by Gasteiger charge is 2.14. The van der Waals surface area contributed by atoms with Gasteiger partial charge in [-0.3, -0.25) is 0 Å². The fourth-order valence-electron chi connectivity index (χ4n) is 2.03. The van der Waals surface area contributed by atoms with Crippen molar-refractivity contribution in [1.82, 2.24) is 0 Å². The van der Waals surface area contributed by atoms with Crippen molar-refractivity contribution in [2.24, 2.45) is 0 Å². The first kappa shape index (κ1) is 14.6. The van der Waals surface area contributed by atoms with E-state index in [1.165, 1.54) is 16.7 Å². The molecule has 0 heterocycles. The molecule has 1 nitrogen and oxygen atoms in total. The van der Waals surface area contributed by atoms with E-state index in [-0.39, 0.29) is 4.83 Å². The second-order valence-corrected chi connectivity index (χ2v) is 6.45. The summed E-state index contributed by atoms with van der Waals surface area (Å²) in [4.78, 5) is 0.262. The van der Waals surface area contributed by atoms with Crippen LogP contribution in [0.1, 0.15) is 21.5 Å². The summed E-state index contributed by atoms with van der Waals surface area (Å²) in [5.41, 5.74) is 3.90. The zero-order chi connectivity index (χ0) is 13.8. The van der Waals surface area contributed by atoms with E-state index in [0.717, 1.165) is 16.6 Å². The maximum absolute atomic E-state index is 5.29. The van der Waals surface area contributed by atoms with E-state index in [0.29, 0.717) is 0 Å². The standard InChI is InChI=1S/C16H16Br2O/c1-11-5-3-4-6-12(11)9-16(18)14-10-13(19-2)7-8-15(14)17/h3-8,10,16H,9H2,1-2H3. The first-order valence-electron chi connectivity index (χ1n) is 6.14. The molecule has 0 N–H and O–H groups in total. The topological polar surface area (TPSA) is 9.23 Å². The summed E-state index contributed by atoms with van der Waals surface area (Å²) in [7, 11) is 1.69. The van der Waals surface area contributed by atoms with Gasteiger partial charge in [-0.15, -0.1) is 0 Å². The Morgan fingerprint density at radius 1 is 1.16 bits per heavy atom. The maximum Gasteiger partial charge on any atom is 0.119 e. The smallest absolute Gasteiger partial charge is 0.119 e. The summed E-state index contributed by atoms with van der Waals surface area (Å²) >= 11 is 7.39. The van der Waals surface area contributed by atoms with E-state index in [4.69, 9.17) is 4.74 Å². The Kier molecular flexibility index (Phi) is 5.06. The number of hydrogen-bond acceptors (Lipinski definition) is 1.